The van der Waals surface area contributed by atoms with Crippen LogP contribution < -0.4 is 0 Å². The molecule has 0 saturated carbocycles. The monoisotopic (exact) mass is 405 g/mol. The number of carbonyl (C=O) groups excluding carboxylic acids is 4. The Hall–Kier alpha value is -4.32. The molecule has 0 N–H and O–H groups in total. The molecule has 0 unspecified atom stereocenters. The predicted octanol–water partition coefficient (Wildman–Crippen LogP) is 4.27. The maximum atomic E-state index is 12.8. The molecule has 0 saturated heterocycles. The van der Waals surface area contributed by atoms with Gasteiger partial charge in [0, 0.05) is 28.9 Å². The van der Waals surface area contributed by atoms with Crippen molar-refractivity contribution in [2.75, 3.05) is 7.05 Å². The van der Waals surface area contributed by atoms with E-state index in [1.165, 1.54) is 7.05 Å². The highest BCUT2D eigenvalue weighted by Crippen LogP contribution is 2.45. The first-order valence-corrected chi connectivity index (χ1v) is 9.76. The minimum Gasteiger partial charge on any atom is -0.386 e. The highest BCUT2D eigenvalue weighted by atomic mass is 16.6. The van der Waals surface area contributed by atoms with Gasteiger partial charge in [-0.25, -0.2) is 9.59 Å². The van der Waals surface area contributed by atoms with Crippen molar-refractivity contribution < 1.29 is 23.9 Å². The van der Waals surface area contributed by atoms with E-state index in [-0.39, 0.29) is 11.8 Å². The summed E-state index contributed by atoms with van der Waals surface area (Å²) in [5.41, 5.74) is 1.70. The molecule has 0 radical (unpaired) electrons. The van der Waals surface area contributed by atoms with Crippen LogP contribution in [0, 0.1) is 0 Å². The third-order valence-electron chi connectivity index (χ3n) is 6.60. The number of nitrogens with zero attached hydrogens (tertiary/aromatic N) is 1. The second kappa shape index (κ2) is 5.05. The number of rotatable bonds is 0. The van der Waals surface area contributed by atoms with Crippen LogP contribution in [0.5, 0.6) is 0 Å². The standard InChI is InChI=1S/C25H11NO5/c1-26-22(27)14-6-2-10-12-4-8-16-21-17(25(30)31-24(16)29)9-5-13(19(12)21)11-3-7-15(23(26)28)20(14)18(10)11/h2-9H,1H3. The molecule has 5 aromatic rings. The van der Waals surface area contributed by atoms with Crippen LogP contribution in [0.4, 0.5) is 0 Å². The summed E-state index contributed by atoms with van der Waals surface area (Å²) in [4.78, 5) is 51.5. The molecule has 7 rings (SSSR count). The fraction of sp³-hybridized carbons (Fsp3) is 0.0400. The molecule has 0 aromatic heterocycles. The molecule has 0 bridgehead atoms. The Morgan fingerprint density at radius 3 is 1.29 bits per heavy atom. The van der Waals surface area contributed by atoms with Crippen LogP contribution >= 0.6 is 0 Å². The van der Waals surface area contributed by atoms with Gasteiger partial charge in [-0.3, -0.25) is 14.5 Å². The summed E-state index contributed by atoms with van der Waals surface area (Å²) in [5.74, 6) is -1.97. The molecule has 31 heavy (non-hydrogen) atoms. The summed E-state index contributed by atoms with van der Waals surface area (Å²) in [6.07, 6.45) is 0. The van der Waals surface area contributed by atoms with Crippen LogP contribution in [0.25, 0.3) is 43.1 Å². The Morgan fingerprint density at radius 1 is 0.516 bits per heavy atom. The number of esters is 2. The number of hydrogen-bond donors (Lipinski definition) is 0. The fourth-order valence-electron chi connectivity index (χ4n) is 5.23. The lowest BCUT2D eigenvalue weighted by Crippen LogP contribution is -2.36. The number of hydrogen-bond acceptors (Lipinski definition) is 5. The van der Waals surface area contributed by atoms with Gasteiger partial charge in [0.15, 0.2) is 0 Å². The fourth-order valence-corrected chi connectivity index (χ4v) is 5.23. The summed E-state index contributed by atoms with van der Waals surface area (Å²) in [5, 5.41) is 6.32. The van der Waals surface area contributed by atoms with E-state index < -0.39 is 11.9 Å². The molecule has 0 atom stereocenters. The van der Waals surface area contributed by atoms with Crippen LogP contribution in [-0.4, -0.2) is 35.7 Å². The average Bonchev–Trinajstić information content (AvgIpc) is 2.78. The topological polar surface area (TPSA) is 80.8 Å². The lowest BCUT2D eigenvalue weighted by atomic mass is 9.83. The highest BCUT2D eigenvalue weighted by Gasteiger charge is 2.33. The van der Waals surface area contributed by atoms with Gasteiger partial charge >= 0.3 is 11.9 Å². The highest BCUT2D eigenvalue weighted by molar-refractivity contribution is 6.40. The minimum atomic E-state index is -0.656. The van der Waals surface area contributed by atoms with E-state index in [1.54, 1.807) is 24.3 Å². The van der Waals surface area contributed by atoms with Crippen LogP contribution in [0.2, 0.25) is 0 Å². The first kappa shape index (κ1) is 16.5. The van der Waals surface area contributed by atoms with Gasteiger partial charge in [-0.05, 0) is 56.6 Å². The van der Waals surface area contributed by atoms with E-state index in [1.807, 2.05) is 24.3 Å². The second-order valence-electron chi connectivity index (χ2n) is 7.99. The summed E-state index contributed by atoms with van der Waals surface area (Å²) in [7, 11) is 1.49. The Labute approximate surface area is 173 Å². The van der Waals surface area contributed by atoms with Gasteiger partial charge in [-0.1, -0.05) is 24.3 Å². The number of carbonyl (C=O) groups is 4. The minimum absolute atomic E-state index is 0.328. The molecule has 146 valence electrons. The molecule has 6 heteroatoms. The van der Waals surface area contributed by atoms with E-state index >= 15 is 0 Å². The number of ether oxygens (including phenoxy) is 1. The van der Waals surface area contributed by atoms with Gasteiger partial charge in [0.1, 0.15) is 0 Å². The molecule has 5 aromatic carbocycles. The van der Waals surface area contributed by atoms with Gasteiger partial charge < -0.3 is 4.74 Å². The van der Waals surface area contributed by atoms with Crippen LogP contribution in [0.1, 0.15) is 41.4 Å². The zero-order valence-corrected chi connectivity index (χ0v) is 16.1. The van der Waals surface area contributed by atoms with Gasteiger partial charge in [-0.2, -0.15) is 0 Å². The normalized spacial score (nSPS) is 15.7. The number of benzene rings is 5. The van der Waals surface area contributed by atoms with Crippen LogP contribution in [0.15, 0.2) is 48.5 Å². The Morgan fingerprint density at radius 2 is 0.871 bits per heavy atom. The lowest BCUT2D eigenvalue weighted by Gasteiger charge is -2.26. The van der Waals surface area contributed by atoms with E-state index in [4.69, 9.17) is 4.74 Å². The first-order valence-electron chi connectivity index (χ1n) is 9.76. The molecule has 2 heterocycles. The van der Waals surface area contributed by atoms with Crippen molar-refractivity contribution in [1.82, 2.24) is 4.90 Å². The van der Waals surface area contributed by atoms with Crippen molar-refractivity contribution in [1.29, 1.82) is 0 Å². The number of imide groups is 1. The van der Waals surface area contributed by atoms with E-state index in [2.05, 4.69) is 0 Å². The maximum absolute atomic E-state index is 12.8. The third-order valence-corrected chi connectivity index (χ3v) is 6.60. The molecule has 2 aliphatic heterocycles. The smallest absolute Gasteiger partial charge is 0.346 e. The van der Waals surface area contributed by atoms with Crippen molar-refractivity contribution in [2.24, 2.45) is 0 Å². The van der Waals surface area contributed by atoms with E-state index in [0.717, 1.165) is 37.2 Å². The average molecular weight is 405 g/mol. The van der Waals surface area contributed by atoms with Crippen molar-refractivity contribution in [2.45, 2.75) is 0 Å². The van der Waals surface area contributed by atoms with Crippen molar-refractivity contribution in [3.8, 4) is 0 Å². The second-order valence-corrected chi connectivity index (χ2v) is 7.99. The van der Waals surface area contributed by atoms with Gasteiger partial charge in [0.05, 0.1) is 11.1 Å². The quantitative estimate of drug-likeness (QED) is 0.126. The predicted molar refractivity (Wildman–Crippen MR) is 114 cm³/mol. The Balaban J connectivity index is 1.80. The SMILES string of the molecule is CN1C(=O)c2ccc3c4ccc5c6c(ccc(c7ccc(c2c37)C1=O)c64)C(=O)OC5=O. The maximum Gasteiger partial charge on any atom is 0.346 e. The Kier molecular flexibility index (Phi) is 2.68. The van der Waals surface area contributed by atoms with Crippen molar-refractivity contribution in [3.05, 3.63) is 70.8 Å². The van der Waals surface area contributed by atoms with E-state index in [0.29, 0.717) is 33.0 Å². The van der Waals surface area contributed by atoms with Crippen molar-refractivity contribution in [3.63, 3.8) is 0 Å². The van der Waals surface area contributed by atoms with Gasteiger partial charge in [-0.15, -0.1) is 0 Å². The Bertz CT molecular complexity index is 1630. The summed E-state index contributed by atoms with van der Waals surface area (Å²) in [6, 6.07) is 14.3. The van der Waals surface area contributed by atoms with Crippen molar-refractivity contribution >= 4 is 66.8 Å². The molecular weight excluding hydrogens is 394 g/mol. The summed E-state index contributed by atoms with van der Waals surface area (Å²) >= 11 is 0. The molecule has 6 nitrogen and oxygen atoms in total. The van der Waals surface area contributed by atoms with E-state index in [9.17, 15) is 19.2 Å². The number of cyclic esters (lactones) is 2. The zero-order chi connectivity index (χ0) is 21.2. The van der Waals surface area contributed by atoms with Gasteiger partial charge in [0.2, 0.25) is 0 Å². The first-order chi connectivity index (χ1) is 15.0. The molecular formula is C25H11NO5. The molecule has 0 spiro atoms. The van der Waals surface area contributed by atoms with Gasteiger partial charge in [0.25, 0.3) is 11.8 Å². The zero-order valence-electron chi connectivity index (χ0n) is 16.1. The lowest BCUT2D eigenvalue weighted by molar-refractivity contribution is 0.0390. The summed E-state index contributed by atoms with van der Waals surface area (Å²) in [6.45, 7) is 0. The third kappa shape index (κ3) is 1.71. The largest absolute Gasteiger partial charge is 0.386 e. The van der Waals surface area contributed by atoms with Crippen LogP contribution in [0.3, 0.4) is 0 Å². The number of fused-ring (bicyclic) bond motifs is 2. The number of amides is 2. The molecule has 2 aliphatic rings. The molecule has 2 amide bonds. The molecule has 0 aliphatic carbocycles. The van der Waals surface area contributed by atoms with Crippen LogP contribution in [-0.2, 0) is 4.74 Å². The summed E-state index contributed by atoms with van der Waals surface area (Å²) < 4.78 is 4.89. The molecule has 0 fully saturated rings.